The van der Waals surface area contributed by atoms with Gasteiger partial charge < -0.3 is 5.11 Å². The van der Waals surface area contributed by atoms with E-state index in [1.165, 1.54) is 4.31 Å². The molecule has 1 aliphatic heterocycles. The van der Waals surface area contributed by atoms with E-state index in [-0.39, 0.29) is 43.4 Å². The van der Waals surface area contributed by atoms with Gasteiger partial charge in [0, 0.05) is 19.7 Å². The summed E-state index contributed by atoms with van der Waals surface area (Å²) < 4.78 is 47.3. The fourth-order valence-electron chi connectivity index (χ4n) is 1.57. The molecule has 0 saturated carbocycles. The maximum Gasteiger partial charge on any atom is 0.214 e. The van der Waals surface area contributed by atoms with Crippen LogP contribution in [0.1, 0.15) is 12.8 Å². The Labute approximate surface area is 96.2 Å². The highest BCUT2D eigenvalue weighted by atomic mass is 32.2. The van der Waals surface area contributed by atoms with Crippen LogP contribution in [0.4, 0.5) is 0 Å². The summed E-state index contributed by atoms with van der Waals surface area (Å²) in [6.07, 6.45) is 0.534. The first-order valence-electron chi connectivity index (χ1n) is 5.16. The van der Waals surface area contributed by atoms with Crippen molar-refractivity contribution in [1.82, 2.24) is 4.31 Å². The van der Waals surface area contributed by atoms with E-state index in [2.05, 4.69) is 0 Å². The van der Waals surface area contributed by atoms with Gasteiger partial charge in [-0.3, -0.25) is 0 Å². The highest BCUT2D eigenvalue weighted by Crippen LogP contribution is 2.10. The number of sulfone groups is 1. The van der Waals surface area contributed by atoms with Crippen molar-refractivity contribution in [3.8, 4) is 0 Å². The first-order valence-corrected chi connectivity index (χ1v) is 8.59. The predicted octanol–water partition coefficient (Wildman–Crippen LogP) is -1.18. The van der Waals surface area contributed by atoms with Crippen molar-refractivity contribution >= 4 is 19.9 Å². The molecule has 0 aliphatic carbocycles. The maximum absolute atomic E-state index is 11.7. The van der Waals surface area contributed by atoms with Gasteiger partial charge in [-0.05, 0) is 12.8 Å². The van der Waals surface area contributed by atoms with Crippen LogP contribution in [-0.2, 0) is 19.9 Å². The molecule has 1 N–H and O–H groups in total. The van der Waals surface area contributed by atoms with E-state index in [4.69, 9.17) is 5.11 Å². The number of rotatable bonds is 4. The van der Waals surface area contributed by atoms with E-state index in [1.807, 2.05) is 0 Å². The topological polar surface area (TPSA) is 91.8 Å². The summed E-state index contributed by atoms with van der Waals surface area (Å²) in [7, 11) is -6.50. The van der Waals surface area contributed by atoms with Gasteiger partial charge in [0.15, 0.2) is 9.84 Å². The lowest BCUT2D eigenvalue weighted by atomic mass is 10.5. The third-order valence-corrected chi connectivity index (χ3v) is 6.14. The number of hydrogen-bond donors (Lipinski definition) is 1. The second-order valence-electron chi connectivity index (χ2n) is 3.80. The molecule has 0 radical (unpaired) electrons. The fourth-order valence-corrected chi connectivity index (χ4v) is 4.49. The van der Waals surface area contributed by atoms with Crippen molar-refractivity contribution in [1.29, 1.82) is 0 Å². The van der Waals surface area contributed by atoms with Gasteiger partial charge in [-0.1, -0.05) is 0 Å². The lowest BCUT2D eigenvalue weighted by Crippen LogP contribution is -2.35. The van der Waals surface area contributed by atoms with Crippen molar-refractivity contribution in [2.75, 3.05) is 37.0 Å². The molecular weight excluding hydrogens is 254 g/mol. The average molecular weight is 271 g/mol. The van der Waals surface area contributed by atoms with Crippen molar-refractivity contribution in [3.05, 3.63) is 0 Å². The van der Waals surface area contributed by atoms with E-state index < -0.39 is 19.9 Å². The molecule has 0 aromatic heterocycles. The minimum absolute atomic E-state index is 0.0378. The van der Waals surface area contributed by atoms with Crippen LogP contribution in [0.3, 0.4) is 0 Å². The number of nitrogens with zero attached hydrogens (tertiary/aromatic N) is 1. The minimum atomic E-state index is -3.41. The van der Waals surface area contributed by atoms with Gasteiger partial charge in [0.05, 0.1) is 17.3 Å². The molecule has 1 heterocycles. The highest BCUT2D eigenvalue weighted by Gasteiger charge is 2.26. The van der Waals surface area contributed by atoms with E-state index in [9.17, 15) is 16.8 Å². The van der Waals surface area contributed by atoms with Crippen LogP contribution in [0.5, 0.6) is 0 Å². The quantitative estimate of drug-likeness (QED) is 0.695. The standard InChI is InChI=1S/C8H17NO5S2/c10-5-2-7-16(13,14)9-3-1-6-15(11,12)8-4-9/h10H,1-8H2. The molecule has 6 nitrogen and oxygen atoms in total. The maximum atomic E-state index is 11.7. The summed E-state index contributed by atoms with van der Waals surface area (Å²) >= 11 is 0. The third kappa shape index (κ3) is 4.00. The first-order chi connectivity index (χ1) is 7.37. The summed E-state index contributed by atoms with van der Waals surface area (Å²) in [5.74, 6) is -0.173. The predicted molar refractivity (Wildman–Crippen MR) is 60.3 cm³/mol. The molecule has 8 heteroatoms. The van der Waals surface area contributed by atoms with Crippen LogP contribution in [0.15, 0.2) is 0 Å². The Morgan fingerprint density at radius 1 is 1.19 bits per heavy atom. The second-order valence-corrected chi connectivity index (χ2v) is 8.19. The van der Waals surface area contributed by atoms with Gasteiger partial charge in [-0.15, -0.1) is 0 Å². The van der Waals surface area contributed by atoms with Crippen molar-refractivity contribution in [2.45, 2.75) is 12.8 Å². The second kappa shape index (κ2) is 5.44. The van der Waals surface area contributed by atoms with E-state index in [0.717, 1.165) is 0 Å². The van der Waals surface area contributed by atoms with Gasteiger partial charge in [-0.25, -0.2) is 21.1 Å². The molecular formula is C8H17NO5S2. The van der Waals surface area contributed by atoms with Crippen LogP contribution in [0.25, 0.3) is 0 Å². The molecule has 0 atom stereocenters. The van der Waals surface area contributed by atoms with Crippen molar-refractivity contribution < 1.29 is 21.9 Å². The summed E-state index contributed by atoms with van der Waals surface area (Å²) in [6, 6.07) is 0. The smallest absolute Gasteiger partial charge is 0.214 e. The largest absolute Gasteiger partial charge is 0.396 e. The Hall–Kier alpha value is -0.180. The molecule has 1 fully saturated rings. The Bertz CT molecular complexity index is 414. The number of aliphatic hydroxyl groups excluding tert-OH is 1. The zero-order valence-corrected chi connectivity index (χ0v) is 10.6. The summed E-state index contributed by atoms with van der Waals surface area (Å²) in [5.41, 5.74) is 0. The fraction of sp³-hybridized carbons (Fsp3) is 1.00. The minimum Gasteiger partial charge on any atom is -0.396 e. The zero-order valence-electron chi connectivity index (χ0n) is 9.00. The van der Waals surface area contributed by atoms with Gasteiger partial charge in [-0.2, -0.15) is 0 Å². The SMILES string of the molecule is O=S1(=O)CCCN(S(=O)(=O)CCCO)CC1. The van der Waals surface area contributed by atoms with E-state index >= 15 is 0 Å². The molecule has 96 valence electrons. The lowest BCUT2D eigenvalue weighted by molar-refractivity contribution is 0.294. The van der Waals surface area contributed by atoms with Crippen molar-refractivity contribution in [3.63, 3.8) is 0 Å². The molecule has 0 unspecified atom stereocenters. The molecule has 0 aromatic rings. The normalized spacial score (nSPS) is 22.8. The van der Waals surface area contributed by atoms with Gasteiger partial charge in [0.2, 0.25) is 10.0 Å². The zero-order chi connectivity index (χ0) is 12.2. The Morgan fingerprint density at radius 3 is 2.50 bits per heavy atom. The number of aliphatic hydroxyl groups is 1. The Balaban J connectivity index is 2.67. The molecule has 0 amide bonds. The molecule has 0 aromatic carbocycles. The molecule has 0 spiro atoms. The Morgan fingerprint density at radius 2 is 1.88 bits per heavy atom. The van der Waals surface area contributed by atoms with Crippen LogP contribution < -0.4 is 0 Å². The summed E-state index contributed by atoms with van der Waals surface area (Å²) in [4.78, 5) is 0. The molecule has 1 saturated heterocycles. The number of hydrogen-bond acceptors (Lipinski definition) is 5. The summed E-state index contributed by atoms with van der Waals surface area (Å²) in [6.45, 7) is 0.119. The molecule has 1 rings (SSSR count). The van der Waals surface area contributed by atoms with Gasteiger partial charge in [0.25, 0.3) is 0 Å². The lowest BCUT2D eigenvalue weighted by Gasteiger charge is -2.18. The molecule has 0 bridgehead atoms. The average Bonchev–Trinajstić information content (AvgIpc) is 2.36. The van der Waals surface area contributed by atoms with Crippen LogP contribution in [-0.4, -0.2) is 63.2 Å². The third-order valence-electron chi connectivity index (χ3n) is 2.47. The van der Waals surface area contributed by atoms with Gasteiger partial charge >= 0.3 is 0 Å². The van der Waals surface area contributed by atoms with Crippen LogP contribution in [0, 0.1) is 0 Å². The van der Waals surface area contributed by atoms with Crippen LogP contribution in [0.2, 0.25) is 0 Å². The first kappa shape index (κ1) is 13.9. The summed E-state index contributed by atoms with van der Waals surface area (Å²) in [5, 5.41) is 8.59. The van der Waals surface area contributed by atoms with Crippen molar-refractivity contribution in [2.24, 2.45) is 0 Å². The highest BCUT2D eigenvalue weighted by molar-refractivity contribution is 7.91. The Kier molecular flexibility index (Phi) is 4.72. The number of sulfonamides is 1. The van der Waals surface area contributed by atoms with E-state index in [0.29, 0.717) is 6.42 Å². The van der Waals surface area contributed by atoms with E-state index in [1.54, 1.807) is 0 Å². The molecule has 16 heavy (non-hydrogen) atoms. The molecule has 1 aliphatic rings. The van der Waals surface area contributed by atoms with Crippen LogP contribution >= 0.6 is 0 Å². The monoisotopic (exact) mass is 271 g/mol. The van der Waals surface area contributed by atoms with Gasteiger partial charge in [0.1, 0.15) is 0 Å².